The number of halogens is 1. The summed E-state index contributed by atoms with van der Waals surface area (Å²) in [5, 5.41) is 2.18. The Balaban J connectivity index is 1.66. The number of hydrogen-bond donors (Lipinski definition) is 1. The zero-order valence-electron chi connectivity index (χ0n) is 12.8. The van der Waals surface area contributed by atoms with E-state index in [0.29, 0.717) is 11.7 Å². The van der Waals surface area contributed by atoms with Crippen LogP contribution >= 0.6 is 27.3 Å². The van der Waals surface area contributed by atoms with Gasteiger partial charge in [0.15, 0.2) is 0 Å². The number of pyridine rings is 1. The van der Waals surface area contributed by atoms with Gasteiger partial charge in [-0.2, -0.15) is 0 Å². The van der Waals surface area contributed by atoms with Gasteiger partial charge in [-0.3, -0.25) is 9.20 Å². The van der Waals surface area contributed by atoms with Gasteiger partial charge in [-0.05, 0) is 46.4 Å². The zero-order chi connectivity index (χ0) is 16.0. The highest BCUT2D eigenvalue weighted by molar-refractivity contribution is 9.10. The molecule has 0 radical (unpaired) electrons. The van der Waals surface area contributed by atoms with Crippen molar-refractivity contribution < 1.29 is 4.90 Å². The van der Waals surface area contributed by atoms with E-state index in [2.05, 4.69) is 39.3 Å². The molecule has 6 heteroatoms. The van der Waals surface area contributed by atoms with Crippen molar-refractivity contribution in [3.63, 3.8) is 0 Å². The van der Waals surface area contributed by atoms with E-state index < -0.39 is 0 Å². The molecule has 4 rings (SSSR count). The fraction of sp³-hybridized carbons (Fsp3) is 0.294. The minimum Gasteiger partial charge on any atom is -0.324 e. The molecule has 3 aromatic rings. The minimum atomic E-state index is -0.0217. The topological polar surface area (TPSA) is 38.8 Å². The molecule has 1 unspecified atom stereocenters. The molecule has 4 heterocycles. The lowest BCUT2D eigenvalue weighted by Crippen LogP contribution is -3.11. The van der Waals surface area contributed by atoms with Crippen LogP contribution in [0.4, 0.5) is 0 Å². The van der Waals surface area contributed by atoms with Crippen LogP contribution in [0.15, 0.2) is 45.1 Å². The van der Waals surface area contributed by atoms with Gasteiger partial charge in [0, 0.05) is 33.6 Å². The highest BCUT2D eigenvalue weighted by Gasteiger charge is 2.28. The fourth-order valence-electron chi connectivity index (χ4n) is 3.34. The predicted octanol–water partition coefficient (Wildman–Crippen LogP) is 2.22. The summed E-state index contributed by atoms with van der Waals surface area (Å²) in [4.78, 5) is 20.0. The number of nitrogens with zero attached hydrogens (tertiary/aromatic N) is 2. The second kappa shape index (κ2) is 5.85. The van der Waals surface area contributed by atoms with Crippen LogP contribution in [0.25, 0.3) is 5.65 Å². The first-order chi connectivity index (χ1) is 11.1. The third kappa shape index (κ3) is 2.75. The summed E-state index contributed by atoms with van der Waals surface area (Å²) < 4.78 is 2.46. The summed E-state index contributed by atoms with van der Waals surface area (Å²) in [6, 6.07) is 8.16. The van der Waals surface area contributed by atoms with Crippen LogP contribution in [-0.2, 0) is 13.0 Å². The lowest BCUT2D eigenvalue weighted by atomic mass is 10.0. The van der Waals surface area contributed by atoms with Gasteiger partial charge in [-0.1, -0.05) is 0 Å². The summed E-state index contributed by atoms with van der Waals surface area (Å²) in [6.07, 6.45) is 2.88. The third-order valence-corrected chi connectivity index (χ3v) is 6.08. The molecule has 1 aliphatic heterocycles. The van der Waals surface area contributed by atoms with E-state index >= 15 is 0 Å². The molecule has 0 spiro atoms. The maximum atomic E-state index is 12.3. The Hall–Kier alpha value is -1.50. The summed E-state index contributed by atoms with van der Waals surface area (Å²) >= 11 is 5.25. The molecule has 0 saturated heterocycles. The molecule has 0 bridgehead atoms. The number of hydrogen-bond acceptors (Lipinski definition) is 3. The summed E-state index contributed by atoms with van der Waals surface area (Å²) in [5.74, 6) is 0. The Morgan fingerprint density at radius 3 is 3.17 bits per heavy atom. The Labute approximate surface area is 146 Å². The van der Waals surface area contributed by atoms with Crippen molar-refractivity contribution in [3.8, 4) is 0 Å². The van der Waals surface area contributed by atoms with Crippen LogP contribution in [0.5, 0.6) is 0 Å². The molecule has 0 saturated carbocycles. The largest absolute Gasteiger partial charge is 0.324 e. The average Bonchev–Trinajstić information content (AvgIpc) is 3.00. The maximum Gasteiger partial charge on any atom is 0.258 e. The SMILES string of the molecule is C[C@@H]1c2ccsc2CC[NH+]1Cc1cc(=O)n2cc(Br)ccc2n1. The number of aromatic nitrogens is 2. The van der Waals surface area contributed by atoms with Crippen molar-refractivity contribution in [1.82, 2.24) is 9.38 Å². The molecule has 2 atom stereocenters. The molecule has 0 fully saturated rings. The lowest BCUT2D eigenvalue weighted by Gasteiger charge is -2.30. The van der Waals surface area contributed by atoms with Crippen molar-refractivity contribution in [1.29, 1.82) is 0 Å². The normalized spacial score (nSPS) is 20.6. The van der Waals surface area contributed by atoms with Gasteiger partial charge in [0.05, 0.1) is 6.54 Å². The summed E-state index contributed by atoms with van der Waals surface area (Å²) in [7, 11) is 0. The van der Waals surface area contributed by atoms with Crippen LogP contribution in [-0.4, -0.2) is 15.9 Å². The van der Waals surface area contributed by atoms with Gasteiger partial charge in [0.2, 0.25) is 0 Å². The molecule has 1 aliphatic rings. The van der Waals surface area contributed by atoms with Crippen LogP contribution in [0.1, 0.15) is 29.1 Å². The first-order valence-electron chi connectivity index (χ1n) is 7.70. The van der Waals surface area contributed by atoms with Crippen molar-refractivity contribution in [2.45, 2.75) is 25.9 Å². The van der Waals surface area contributed by atoms with Gasteiger partial charge in [0.1, 0.15) is 23.9 Å². The molecular weight excluding hydrogens is 374 g/mol. The molecule has 118 valence electrons. The van der Waals surface area contributed by atoms with E-state index in [1.165, 1.54) is 15.3 Å². The Kier molecular flexibility index (Phi) is 3.83. The van der Waals surface area contributed by atoms with E-state index in [0.717, 1.165) is 29.7 Å². The molecule has 0 amide bonds. The van der Waals surface area contributed by atoms with Gasteiger partial charge in [-0.15, -0.1) is 11.3 Å². The Morgan fingerprint density at radius 2 is 2.30 bits per heavy atom. The van der Waals surface area contributed by atoms with Crippen LogP contribution < -0.4 is 10.5 Å². The van der Waals surface area contributed by atoms with Crippen molar-refractivity contribution >= 4 is 32.9 Å². The first-order valence-corrected chi connectivity index (χ1v) is 9.38. The highest BCUT2D eigenvalue weighted by Crippen LogP contribution is 2.24. The molecule has 0 aliphatic carbocycles. The second-order valence-electron chi connectivity index (χ2n) is 6.02. The van der Waals surface area contributed by atoms with E-state index in [4.69, 9.17) is 0 Å². The lowest BCUT2D eigenvalue weighted by molar-refractivity contribution is -0.945. The fourth-order valence-corrected chi connectivity index (χ4v) is 4.66. The summed E-state index contributed by atoms with van der Waals surface area (Å²) in [6.45, 7) is 4.15. The number of thiophene rings is 1. The molecule has 3 aromatic heterocycles. The molecule has 23 heavy (non-hydrogen) atoms. The predicted molar refractivity (Wildman–Crippen MR) is 95.1 cm³/mol. The van der Waals surface area contributed by atoms with Crippen molar-refractivity contribution in [2.24, 2.45) is 0 Å². The second-order valence-corrected chi connectivity index (χ2v) is 7.93. The monoisotopic (exact) mass is 390 g/mol. The molecule has 1 N–H and O–H groups in total. The highest BCUT2D eigenvalue weighted by atomic mass is 79.9. The molecular formula is C17H17BrN3OS+. The van der Waals surface area contributed by atoms with E-state index in [-0.39, 0.29) is 5.56 Å². The standard InChI is InChI=1S/C17H16BrN3OS/c1-11-14-5-7-23-15(14)4-6-20(11)10-13-8-17(22)21-9-12(18)2-3-16(21)19-13/h2-3,5,7-9,11H,4,6,10H2,1H3/p+1/t11-/m1/s1. The Bertz CT molecular complexity index is 933. The summed E-state index contributed by atoms with van der Waals surface area (Å²) in [5.41, 5.74) is 3.01. The maximum absolute atomic E-state index is 12.3. The number of nitrogens with one attached hydrogen (secondary N) is 1. The quantitative estimate of drug-likeness (QED) is 0.728. The third-order valence-electron chi connectivity index (χ3n) is 4.62. The smallest absolute Gasteiger partial charge is 0.258 e. The van der Waals surface area contributed by atoms with Crippen molar-refractivity contribution in [2.75, 3.05) is 6.54 Å². The number of quaternary nitrogens is 1. The molecule has 0 aromatic carbocycles. The van der Waals surface area contributed by atoms with E-state index in [1.54, 1.807) is 16.7 Å². The average molecular weight is 391 g/mol. The first kappa shape index (κ1) is 15.1. The minimum absolute atomic E-state index is 0.0217. The molecule has 4 nitrogen and oxygen atoms in total. The van der Waals surface area contributed by atoms with E-state index in [1.807, 2.05) is 23.5 Å². The van der Waals surface area contributed by atoms with E-state index in [9.17, 15) is 4.79 Å². The van der Waals surface area contributed by atoms with Crippen molar-refractivity contribution in [3.05, 3.63) is 66.8 Å². The van der Waals surface area contributed by atoms with Gasteiger partial charge in [-0.25, -0.2) is 4.98 Å². The zero-order valence-corrected chi connectivity index (χ0v) is 15.2. The van der Waals surface area contributed by atoms with Gasteiger partial charge >= 0.3 is 0 Å². The Morgan fingerprint density at radius 1 is 1.43 bits per heavy atom. The van der Waals surface area contributed by atoms with Crippen LogP contribution in [0.3, 0.4) is 0 Å². The van der Waals surface area contributed by atoms with Crippen LogP contribution in [0.2, 0.25) is 0 Å². The van der Waals surface area contributed by atoms with Gasteiger partial charge in [0.25, 0.3) is 5.56 Å². The number of fused-ring (bicyclic) bond motifs is 2. The van der Waals surface area contributed by atoms with Crippen LogP contribution in [0, 0.1) is 0 Å². The number of rotatable bonds is 2. The van der Waals surface area contributed by atoms with Gasteiger partial charge < -0.3 is 4.90 Å².